The monoisotopic (exact) mass is 313 g/mol. The van der Waals surface area contributed by atoms with Crippen molar-refractivity contribution in [1.29, 1.82) is 0 Å². The van der Waals surface area contributed by atoms with Crippen molar-refractivity contribution in [3.63, 3.8) is 0 Å². The minimum absolute atomic E-state index is 0.979. The van der Waals surface area contributed by atoms with Gasteiger partial charge in [-0.15, -0.1) is 0 Å². The van der Waals surface area contributed by atoms with Gasteiger partial charge in [0.05, 0.1) is 0 Å². The molecule has 1 aromatic heterocycles. The molecule has 0 aliphatic heterocycles. The van der Waals surface area contributed by atoms with E-state index >= 15 is 0 Å². The van der Waals surface area contributed by atoms with E-state index in [1.54, 1.807) is 6.07 Å². The molecule has 0 aromatic carbocycles. The Morgan fingerprint density at radius 2 is 2.20 bits per heavy atom. The number of aromatic nitrogens is 1. The first kappa shape index (κ1) is 10.7. The molecule has 0 bridgehead atoms. The molecule has 1 aromatic rings. The second-order valence-corrected chi connectivity index (χ2v) is 2.36. The van der Waals surface area contributed by atoms with Crippen molar-refractivity contribution < 1.29 is 16.3 Å². The molecule has 0 amide bonds. The number of halogens is 2. The van der Waals surface area contributed by atoms with Crippen LogP contribution in [0.3, 0.4) is 0 Å². The maximum atomic E-state index is 3.91. The van der Waals surface area contributed by atoms with Crippen LogP contribution in [0.2, 0.25) is 0 Å². The first-order valence-electron chi connectivity index (χ1n) is 2.56. The molecule has 0 fully saturated rings. The van der Waals surface area contributed by atoms with Gasteiger partial charge in [-0.05, 0) is 0 Å². The Hall–Kier alpha value is 0.733. The molecule has 10 heavy (non-hydrogen) atoms. The molecule has 0 aliphatic carbocycles. The first-order valence-corrected chi connectivity index (χ1v) is 10.3. The SMILES string of the molecule is Cc1n[c-]ccc1Br.[Zn+][Br]. The molecule has 0 spiro atoms. The van der Waals surface area contributed by atoms with E-state index in [-0.39, 0.29) is 0 Å². The number of hydrogen-bond acceptors (Lipinski definition) is 1. The topological polar surface area (TPSA) is 12.9 Å². The van der Waals surface area contributed by atoms with Crippen molar-refractivity contribution in [1.82, 2.24) is 4.98 Å². The van der Waals surface area contributed by atoms with Crippen LogP contribution >= 0.6 is 29.6 Å². The summed E-state index contributed by atoms with van der Waals surface area (Å²) in [5.41, 5.74) is 0.979. The van der Waals surface area contributed by atoms with Crippen molar-refractivity contribution in [2.75, 3.05) is 0 Å². The molecule has 0 unspecified atom stereocenters. The van der Waals surface area contributed by atoms with Crippen LogP contribution in [0.5, 0.6) is 0 Å². The van der Waals surface area contributed by atoms with Gasteiger partial charge in [0.15, 0.2) is 0 Å². The number of nitrogens with zero attached hydrogens (tertiary/aromatic N) is 1. The Balaban J connectivity index is 0.000000371. The van der Waals surface area contributed by atoms with E-state index in [0.29, 0.717) is 0 Å². The van der Waals surface area contributed by atoms with Crippen molar-refractivity contribution in [3.05, 3.63) is 28.5 Å². The van der Waals surface area contributed by atoms with E-state index in [4.69, 9.17) is 0 Å². The van der Waals surface area contributed by atoms with Gasteiger partial charge in [0.25, 0.3) is 0 Å². The predicted molar refractivity (Wildman–Crippen MR) is 44.4 cm³/mol. The van der Waals surface area contributed by atoms with Crippen LogP contribution in [0.25, 0.3) is 0 Å². The summed E-state index contributed by atoms with van der Waals surface area (Å²) in [5.74, 6) is 0. The van der Waals surface area contributed by atoms with Crippen LogP contribution in [0.1, 0.15) is 5.69 Å². The molecule has 0 radical (unpaired) electrons. The van der Waals surface area contributed by atoms with E-state index in [1.165, 1.54) is 16.3 Å². The summed E-state index contributed by atoms with van der Waals surface area (Å²) in [7, 11) is 0. The Morgan fingerprint density at radius 1 is 1.60 bits per heavy atom. The van der Waals surface area contributed by atoms with Gasteiger partial charge in [0.1, 0.15) is 0 Å². The predicted octanol–water partition coefficient (Wildman–Crippen LogP) is 2.80. The normalized spacial score (nSPS) is 8.10. The summed E-state index contributed by atoms with van der Waals surface area (Å²) in [5, 5.41) is 0. The van der Waals surface area contributed by atoms with E-state index in [9.17, 15) is 0 Å². The van der Waals surface area contributed by atoms with E-state index in [0.717, 1.165) is 10.2 Å². The van der Waals surface area contributed by atoms with E-state index in [2.05, 4.69) is 40.7 Å². The average molecular weight is 316 g/mol. The quantitative estimate of drug-likeness (QED) is 0.530. The molecular weight excluding hydrogens is 311 g/mol. The molecule has 0 aliphatic rings. The number of aryl methyl sites for hydroxylation is 1. The fourth-order valence-electron chi connectivity index (χ4n) is 0.419. The van der Waals surface area contributed by atoms with Gasteiger partial charge in [0.2, 0.25) is 0 Å². The Morgan fingerprint density at radius 3 is 2.50 bits per heavy atom. The van der Waals surface area contributed by atoms with Crippen molar-refractivity contribution in [3.8, 4) is 0 Å². The molecule has 0 N–H and O–H groups in total. The summed E-state index contributed by atoms with van der Waals surface area (Å²) in [6, 6.07) is 3.69. The van der Waals surface area contributed by atoms with Gasteiger partial charge < -0.3 is 4.98 Å². The standard InChI is InChI=1S/C6H5BrN.BrH.Zn/c1-5-6(7)3-2-4-8-5;;/h2-3H,1H3;1H;/q-1;;+2/p-1. The third-order valence-corrected chi connectivity index (χ3v) is 1.72. The Bertz CT molecular complexity index is 172. The third-order valence-electron chi connectivity index (χ3n) is 0.882. The molecule has 0 saturated heterocycles. The zero-order valence-corrected chi connectivity index (χ0v) is 11.7. The van der Waals surface area contributed by atoms with Gasteiger partial charge in [-0.1, -0.05) is 39.2 Å². The maximum absolute atomic E-state index is 3.91. The Labute approximate surface area is 85.8 Å². The van der Waals surface area contributed by atoms with E-state index < -0.39 is 0 Å². The van der Waals surface area contributed by atoms with Crippen LogP contribution in [-0.4, -0.2) is 4.98 Å². The van der Waals surface area contributed by atoms with Gasteiger partial charge in [-0.25, -0.2) is 0 Å². The number of hydrogen-bond donors (Lipinski definition) is 0. The first-order chi connectivity index (χ1) is 4.80. The fourth-order valence-corrected chi connectivity index (χ4v) is 0.639. The third kappa shape index (κ3) is 3.79. The minimum atomic E-state index is 0.979. The summed E-state index contributed by atoms with van der Waals surface area (Å²) in [6.45, 7) is 1.93. The molecule has 0 saturated carbocycles. The molecule has 4 heteroatoms. The second-order valence-electron chi connectivity index (χ2n) is 1.51. The van der Waals surface area contributed by atoms with E-state index in [1.807, 2.05) is 13.0 Å². The molecule has 1 heterocycles. The van der Waals surface area contributed by atoms with Crippen LogP contribution < -0.4 is 0 Å². The molecule has 1 nitrogen and oxygen atoms in total. The summed E-state index contributed by atoms with van der Waals surface area (Å²) in [6.07, 6.45) is 2.72. The van der Waals surface area contributed by atoms with Crippen LogP contribution in [0.15, 0.2) is 16.6 Å². The Kier molecular flexibility index (Phi) is 6.92. The summed E-state index contributed by atoms with van der Waals surface area (Å²) >= 11 is 7.56. The summed E-state index contributed by atoms with van der Waals surface area (Å²) in [4.78, 5) is 3.91. The number of rotatable bonds is 0. The van der Waals surface area contributed by atoms with Crippen molar-refractivity contribution >= 4 is 29.6 Å². The van der Waals surface area contributed by atoms with Crippen LogP contribution in [0, 0.1) is 13.1 Å². The average Bonchev–Trinajstić information content (AvgIpc) is 2.00. The van der Waals surface area contributed by atoms with Crippen LogP contribution in [-0.2, 0) is 16.3 Å². The van der Waals surface area contributed by atoms with Gasteiger partial charge in [-0.3, -0.25) is 0 Å². The zero-order valence-electron chi connectivity index (χ0n) is 5.56. The van der Waals surface area contributed by atoms with Gasteiger partial charge in [0, 0.05) is 0 Å². The molecule has 1 rings (SSSR count). The molecular formula is C6H5Br2NZn. The zero-order chi connectivity index (χ0) is 7.98. The van der Waals surface area contributed by atoms with Gasteiger partial charge >= 0.3 is 30.0 Å². The molecule has 50 valence electrons. The van der Waals surface area contributed by atoms with Crippen LogP contribution in [0.4, 0.5) is 0 Å². The second kappa shape index (κ2) is 6.44. The number of pyridine rings is 1. The summed E-state index contributed by atoms with van der Waals surface area (Å²) < 4.78 is 1.04. The fraction of sp³-hybridized carbons (Fsp3) is 0.167. The van der Waals surface area contributed by atoms with Crippen molar-refractivity contribution in [2.45, 2.75) is 6.92 Å². The van der Waals surface area contributed by atoms with Crippen molar-refractivity contribution in [2.24, 2.45) is 0 Å². The van der Waals surface area contributed by atoms with Gasteiger partial charge in [-0.2, -0.15) is 12.1 Å². The molecule has 0 atom stereocenters.